The van der Waals surface area contributed by atoms with Crippen molar-refractivity contribution in [3.63, 3.8) is 0 Å². The molecule has 0 atom stereocenters. The van der Waals surface area contributed by atoms with Crippen LogP contribution in [0.4, 0.5) is 5.69 Å². The highest BCUT2D eigenvalue weighted by Crippen LogP contribution is 2.12. The van der Waals surface area contributed by atoms with E-state index in [1.54, 1.807) is 18.3 Å². The smallest absolute Gasteiger partial charge is 0.258 e. The zero-order chi connectivity index (χ0) is 15.2. The van der Waals surface area contributed by atoms with Gasteiger partial charge in [0.2, 0.25) is 0 Å². The highest BCUT2D eigenvalue weighted by Gasteiger charge is 2.04. The van der Waals surface area contributed by atoms with Crippen molar-refractivity contribution in [2.45, 2.75) is 13.8 Å². The van der Waals surface area contributed by atoms with Gasteiger partial charge in [-0.3, -0.25) is 10.1 Å². The highest BCUT2D eigenvalue weighted by molar-refractivity contribution is 5.99. The lowest BCUT2D eigenvalue weighted by Crippen LogP contribution is -1.95. The lowest BCUT2D eigenvalue weighted by Gasteiger charge is -1.98. The van der Waals surface area contributed by atoms with Gasteiger partial charge in [0.15, 0.2) is 0 Å². The van der Waals surface area contributed by atoms with E-state index in [0.717, 1.165) is 11.1 Å². The van der Waals surface area contributed by atoms with E-state index in [-0.39, 0.29) is 5.69 Å². The number of nitro benzene ring substituents is 1. The van der Waals surface area contributed by atoms with E-state index < -0.39 is 4.92 Å². The second-order valence-corrected chi connectivity index (χ2v) is 4.64. The third-order valence-corrected chi connectivity index (χ3v) is 2.99. The molecule has 0 amide bonds. The fourth-order valence-electron chi connectivity index (χ4n) is 1.72. The van der Waals surface area contributed by atoms with Crippen molar-refractivity contribution >= 4 is 17.6 Å². The van der Waals surface area contributed by atoms with Gasteiger partial charge in [-0.1, -0.05) is 29.8 Å². The van der Waals surface area contributed by atoms with Crippen molar-refractivity contribution in [3.8, 4) is 0 Å². The number of hydrogen-bond donors (Lipinski definition) is 0. The van der Waals surface area contributed by atoms with Crippen LogP contribution in [0.15, 0.2) is 58.7 Å². The molecule has 106 valence electrons. The molecule has 21 heavy (non-hydrogen) atoms. The molecule has 0 aliphatic rings. The van der Waals surface area contributed by atoms with Crippen LogP contribution in [0.25, 0.3) is 0 Å². The molecule has 0 saturated carbocycles. The molecule has 0 radical (unpaired) electrons. The summed E-state index contributed by atoms with van der Waals surface area (Å²) in [5.74, 6) is 0. The lowest BCUT2D eigenvalue weighted by atomic mass is 10.1. The van der Waals surface area contributed by atoms with Crippen LogP contribution in [-0.4, -0.2) is 16.8 Å². The molecule has 0 aliphatic heterocycles. The summed E-state index contributed by atoms with van der Waals surface area (Å²) >= 11 is 0. The van der Waals surface area contributed by atoms with Crippen molar-refractivity contribution < 1.29 is 4.92 Å². The fraction of sp³-hybridized carbons (Fsp3) is 0.125. The predicted octanol–water partition coefficient (Wildman–Crippen LogP) is 3.75. The number of nitro groups is 1. The number of non-ortho nitro benzene ring substituents is 1. The van der Waals surface area contributed by atoms with Crippen LogP contribution in [0.1, 0.15) is 23.6 Å². The Labute approximate surface area is 122 Å². The summed E-state index contributed by atoms with van der Waals surface area (Å²) in [7, 11) is 0. The molecule has 0 N–H and O–H groups in total. The average Bonchev–Trinajstić information content (AvgIpc) is 2.49. The van der Waals surface area contributed by atoms with Crippen LogP contribution in [0.2, 0.25) is 0 Å². The van der Waals surface area contributed by atoms with Crippen molar-refractivity contribution in [1.29, 1.82) is 0 Å². The van der Waals surface area contributed by atoms with Gasteiger partial charge in [-0.05, 0) is 37.1 Å². The van der Waals surface area contributed by atoms with Gasteiger partial charge < -0.3 is 0 Å². The number of hydrogen-bond acceptors (Lipinski definition) is 4. The molecule has 2 aromatic rings. The van der Waals surface area contributed by atoms with Gasteiger partial charge in [0.25, 0.3) is 5.69 Å². The monoisotopic (exact) mass is 281 g/mol. The zero-order valence-electron chi connectivity index (χ0n) is 11.9. The summed E-state index contributed by atoms with van der Waals surface area (Å²) in [6, 6.07) is 14.2. The Morgan fingerprint density at radius 3 is 2.29 bits per heavy atom. The van der Waals surface area contributed by atoms with Crippen LogP contribution < -0.4 is 0 Å². The van der Waals surface area contributed by atoms with Crippen LogP contribution >= 0.6 is 0 Å². The van der Waals surface area contributed by atoms with Crippen LogP contribution in [0.3, 0.4) is 0 Å². The first-order valence-electron chi connectivity index (χ1n) is 6.45. The number of aryl methyl sites for hydroxylation is 1. The summed E-state index contributed by atoms with van der Waals surface area (Å²) in [5.41, 5.74) is 3.74. The Balaban J connectivity index is 2.09. The maximum Gasteiger partial charge on any atom is 0.269 e. The van der Waals surface area contributed by atoms with Crippen LogP contribution in [0.5, 0.6) is 0 Å². The molecule has 0 unspecified atom stereocenters. The van der Waals surface area contributed by atoms with Crippen molar-refractivity contribution in [2.75, 3.05) is 0 Å². The highest BCUT2D eigenvalue weighted by atomic mass is 16.6. The van der Waals surface area contributed by atoms with Gasteiger partial charge in [-0.25, -0.2) is 0 Å². The zero-order valence-corrected chi connectivity index (χ0v) is 11.9. The first-order valence-corrected chi connectivity index (χ1v) is 6.45. The first-order chi connectivity index (χ1) is 10.1. The van der Waals surface area contributed by atoms with Crippen molar-refractivity contribution in [2.24, 2.45) is 10.2 Å². The molecular formula is C16H15N3O2. The second-order valence-electron chi connectivity index (χ2n) is 4.64. The summed E-state index contributed by atoms with van der Waals surface area (Å²) in [4.78, 5) is 10.2. The van der Waals surface area contributed by atoms with E-state index in [9.17, 15) is 10.1 Å². The van der Waals surface area contributed by atoms with Gasteiger partial charge in [0.05, 0.1) is 16.8 Å². The second kappa shape index (κ2) is 6.56. The van der Waals surface area contributed by atoms with Crippen LogP contribution in [-0.2, 0) is 0 Å². The van der Waals surface area contributed by atoms with Crippen molar-refractivity contribution in [1.82, 2.24) is 0 Å². The molecule has 2 aromatic carbocycles. The number of benzene rings is 2. The Kier molecular flexibility index (Phi) is 4.56. The molecule has 0 aliphatic carbocycles. The number of rotatable bonds is 4. The average molecular weight is 281 g/mol. The number of nitrogens with zero attached hydrogens (tertiary/aromatic N) is 3. The molecule has 5 heteroatoms. The molecule has 0 fully saturated rings. The Bertz CT molecular complexity index is 686. The Hall–Kier alpha value is -2.82. The molecule has 0 bridgehead atoms. The topological polar surface area (TPSA) is 67.9 Å². The minimum absolute atomic E-state index is 0.0645. The Morgan fingerprint density at radius 2 is 1.71 bits per heavy atom. The molecule has 5 nitrogen and oxygen atoms in total. The summed E-state index contributed by atoms with van der Waals surface area (Å²) in [6.45, 7) is 3.84. The third kappa shape index (κ3) is 4.07. The summed E-state index contributed by atoms with van der Waals surface area (Å²) < 4.78 is 0. The molecule has 0 saturated heterocycles. The minimum Gasteiger partial charge on any atom is -0.258 e. The quantitative estimate of drug-likeness (QED) is 0.486. The molecule has 0 heterocycles. The minimum atomic E-state index is -0.425. The van der Waals surface area contributed by atoms with Gasteiger partial charge in [-0.15, -0.1) is 0 Å². The first kappa shape index (κ1) is 14.6. The third-order valence-electron chi connectivity index (χ3n) is 2.99. The fourth-order valence-corrected chi connectivity index (χ4v) is 1.72. The molecular weight excluding hydrogens is 266 g/mol. The van der Waals surface area contributed by atoms with E-state index in [2.05, 4.69) is 10.2 Å². The van der Waals surface area contributed by atoms with Gasteiger partial charge in [0.1, 0.15) is 0 Å². The van der Waals surface area contributed by atoms with Gasteiger partial charge >= 0.3 is 0 Å². The standard InChI is InChI=1S/C16H15N3O2/c1-12-3-5-14(6-4-12)11-17-18-13(2)15-7-9-16(10-8-15)19(20)21/h3-11H,1-2H3/b17-11+,18-13+. The maximum atomic E-state index is 10.6. The molecule has 2 rings (SSSR count). The van der Waals surface area contributed by atoms with E-state index in [1.165, 1.54) is 17.7 Å². The summed E-state index contributed by atoms with van der Waals surface area (Å²) in [6.07, 6.45) is 1.67. The van der Waals surface area contributed by atoms with Crippen molar-refractivity contribution in [3.05, 3.63) is 75.3 Å². The molecule has 0 spiro atoms. The van der Waals surface area contributed by atoms with E-state index in [4.69, 9.17) is 0 Å². The largest absolute Gasteiger partial charge is 0.269 e. The van der Waals surface area contributed by atoms with Gasteiger partial charge in [0, 0.05) is 12.1 Å². The van der Waals surface area contributed by atoms with Crippen LogP contribution in [0, 0.1) is 17.0 Å². The normalized spacial score (nSPS) is 11.8. The Morgan fingerprint density at radius 1 is 1.10 bits per heavy atom. The lowest BCUT2D eigenvalue weighted by molar-refractivity contribution is -0.384. The maximum absolute atomic E-state index is 10.6. The molecule has 0 aromatic heterocycles. The van der Waals surface area contributed by atoms with E-state index >= 15 is 0 Å². The van der Waals surface area contributed by atoms with E-state index in [1.807, 2.05) is 38.1 Å². The van der Waals surface area contributed by atoms with Gasteiger partial charge in [-0.2, -0.15) is 10.2 Å². The predicted molar refractivity (Wildman–Crippen MR) is 84.1 cm³/mol. The SMILES string of the molecule is C/C(=N\N=C\c1ccc(C)cc1)c1ccc([N+](=O)[O-])cc1. The van der Waals surface area contributed by atoms with E-state index in [0.29, 0.717) is 5.71 Å². The summed E-state index contributed by atoms with van der Waals surface area (Å²) in [5, 5.41) is 18.7.